The lowest BCUT2D eigenvalue weighted by Crippen LogP contribution is -2.26. The van der Waals surface area contributed by atoms with Crippen LogP contribution in [0.2, 0.25) is 0 Å². The minimum Gasteiger partial charge on any atom is -0.424 e. The number of aromatic nitrogens is 2. The van der Waals surface area contributed by atoms with Crippen molar-refractivity contribution in [1.29, 1.82) is 0 Å². The van der Waals surface area contributed by atoms with E-state index in [-0.39, 0.29) is 4.83 Å². The van der Waals surface area contributed by atoms with Crippen LogP contribution >= 0.6 is 15.9 Å². The first kappa shape index (κ1) is 13.6. The van der Waals surface area contributed by atoms with Crippen LogP contribution in [0.4, 0.5) is 0 Å². The molecular formula is C15H23BrN2O. The van der Waals surface area contributed by atoms with Gasteiger partial charge in [0.2, 0.25) is 11.8 Å². The van der Waals surface area contributed by atoms with E-state index in [1.165, 1.54) is 44.9 Å². The zero-order valence-corrected chi connectivity index (χ0v) is 13.2. The number of hydrogen-bond donors (Lipinski definition) is 0. The van der Waals surface area contributed by atoms with Crippen LogP contribution in [0.25, 0.3) is 0 Å². The summed E-state index contributed by atoms with van der Waals surface area (Å²) in [7, 11) is 0. The summed E-state index contributed by atoms with van der Waals surface area (Å²) in [5.74, 6) is 4.04. The summed E-state index contributed by atoms with van der Waals surface area (Å²) in [6.45, 7) is 2.12. The highest BCUT2D eigenvalue weighted by atomic mass is 79.9. The third kappa shape index (κ3) is 2.88. The second-order valence-corrected chi connectivity index (χ2v) is 7.27. The van der Waals surface area contributed by atoms with Crippen molar-refractivity contribution >= 4 is 15.9 Å². The van der Waals surface area contributed by atoms with Gasteiger partial charge in [0, 0.05) is 5.92 Å². The molecule has 2 saturated carbocycles. The highest BCUT2D eigenvalue weighted by Crippen LogP contribution is 2.45. The molecule has 1 aromatic rings. The van der Waals surface area contributed by atoms with E-state index in [0.717, 1.165) is 30.0 Å². The van der Waals surface area contributed by atoms with Crippen molar-refractivity contribution in [3.05, 3.63) is 11.8 Å². The average Bonchev–Trinajstić information content (AvgIpc) is 2.95. The SMILES string of the molecule is CCC(Br)c1nnc(C2CCC3CCCCC3C2)o1. The van der Waals surface area contributed by atoms with Gasteiger partial charge in [0.1, 0.15) is 0 Å². The molecule has 0 amide bonds. The van der Waals surface area contributed by atoms with E-state index in [2.05, 4.69) is 33.1 Å². The molecule has 2 aliphatic carbocycles. The lowest BCUT2D eigenvalue weighted by Gasteiger charge is -2.38. The zero-order valence-electron chi connectivity index (χ0n) is 11.6. The molecule has 2 aliphatic rings. The molecule has 0 bridgehead atoms. The number of fused-ring (bicyclic) bond motifs is 1. The fourth-order valence-corrected chi connectivity index (χ4v) is 4.00. The predicted octanol–water partition coefficient (Wildman–Crippen LogP) is 4.99. The van der Waals surface area contributed by atoms with E-state index in [9.17, 15) is 0 Å². The summed E-state index contributed by atoms with van der Waals surface area (Å²) in [5.41, 5.74) is 0. The van der Waals surface area contributed by atoms with Crippen LogP contribution < -0.4 is 0 Å². The van der Waals surface area contributed by atoms with Crippen LogP contribution in [0.1, 0.15) is 80.8 Å². The van der Waals surface area contributed by atoms with Gasteiger partial charge in [0.05, 0.1) is 4.83 Å². The fraction of sp³-hybridized carbons (Fsp3) is 0.867. The van der Waals surface area contributed by atoms with Crippen molar-refractivity contribution in [2.24, 2.45) is 11.8 Å². The van der Waals surface area contributed by atoms with Crippen LogP contribution in [-0.4, -0.2) is 10.2 Å². The monoisotopic (exact) mass is 326 g/mol. The Bertz CT molecular complexity index is 420. The lowest BCUT2D eigenvalue weighted by atomic mass is 9.67. The minimum atomic E-state index is 0.208. The molecule has 0 aliphatic heterocycles. The quantitative estimate of drug-likeness (QED) is 0.734. The second-order valence-electron chi connectivity index (χ2n) is 6.17. The molecule has 3 rings (SSSR count). The maximum absolute atomic E-state index is 5.89. The summed E-state index contributed by atoms with van der Waals surface area (Å²) in [5, 5.41) is 8.50. The van der Waals surface area contributed by atoms with Gasteiger partial charge in [0.15, 0.2) is 0 Å². The van der Waals surface area contributed by atoms with Crippen molar-refractivity contribution in [2.75, 3.05) is 0 Å². The molecule has 1 heterocycles. The Morgan fingerprint density at radius 2 is 1.95 bits per heavy atom. The van der Waals surface area contributed by atoms with Gasteiger partial charge in [-0.05, 0) is 37.5 Å². The van der Waals surface area contributed by atoms with Gasteiger partial charge in [-0.25, -0.2) is 0 Å². The van der Waals surface area contributed by atoms with Gasteiger partial charge in [-0.1, -0.05) is 48.5 Å². The number of rotatable bonds is 3. The van der Waals surface area contributed by atoms with Crippen LogP contribution in [0.5, 0.6) is 0 Å². The molecule has 4 heteroatoms. The molecule has 2 fully saturated rings. The first-order valence-electron chi connectivity index (χ1n) is 7.75. The molecule has 0 N–H and O–H groups in total. The third-order valence-corrected chi connectivity index (χ3v) is 6.01. The largest absolute Gasteiger partial charge is 0.424 e. The first-order chi connectivity index (χ1) is 9.28. The van der Waals surface area contributed by atoms with Gasteiger partial charge in [0.25, 0.3) is 0 Å². The van der Waals surface area contributed by atoms with E-state index < -0.39 is 0 Å². The topological polar surface area (TPSA) is 38.9 Å². The number of alkyl halides is 1. The summed E-state index contributed by atoms with van der Waals surface area (Å²) in [6.07, 6.45) is 10.6. The molecular weight excluding hydrogens is 304 g/mol. The maximum atomic E-state index is 5.89. The van der Waals surface area contributed by atoms with Crippen LogP contribution in [-0.2, 0) is 0 Å². The number of hydrogen-bond acceptors (Lipinski definition) is 3. The van der Waals surface area contributed by atoms with Crippen molar-refractivity contribution in [3.8, 4) is 0 Å². The summed E-state index contributed by atoms with van der Waals surface area (Å²) >= 11 is 3.58. The highest BCUT2D eigenvalue weighted by Gasteiger charge is 2.35. The van der Waals surface area contributed by atoms with Crippen molar-refractivity contribution in [2.45, 2.75) is 69.0 Å². The van der Waals surface area contributed by atoms with Crippen LogP contribution in [0.3, 0.4) is 0 Å². The maximum Gasteiger partial charge on any atom is 0.230 e. The van der Waals surface area contributed by atoms with Crippen LogP contribution in [0.15, 0.2) is 4.42 Å². The second kappa shape index (κ2) is 5.94. The Morgan fingerprint density at radius 3 is 2.74 bits per heavy atom. The lowest BCUT2D eigenvalue weighted by molar-refractivity contribution is 0.145. The van der Waals surface area contributed by atoms with Gasteiger partial charge in [-0.2, -0.15) is 0 Å². The zero-order chi connectivity index (χ0) is 13.2. The van der Waals surface area contributed by atoms with Crippen LogP contribution in [0, 0.1) is 11.8 Å². The number of nitrogens with zero attached hydrogens (tertiary/aromatic N) is 2. The molecule has 19 heavy (non-hydrogen) atoms. The molecule has 0 aromatic carbocycles. The molecule has 1 aromatic heterocycles. The fourth-order valence-electron chi connectivity index (χ4n) is 3.81. The molecule has 0 radical (unpaired) electrons. The van der Waals surface area contributed by atoms with Gasteiger partial charge >= 0.3 is 0 Å². The van der Waals surface area contributed by atoms with Crippen molar-refractivity contribution in [3.63, 3.8) is 0 Å². The van der Waals surface area contributed by atoms with E-state index in [4.69, 9.17) is 4.42 Å². The first-order valence-corrected chi connectivity index (χ1v) is 8.66. The smallest absolute Gasteiger partial charge is 0.230 e. The Balaban J connectivity index is 1.67. The predicted molar refractivity (Wildman–Crippen MR) is 78.3 cm³/mol. The van der Waals surface area contributed by atoms with E-state index in [1.807, 2.05) is 0 Å². The molecule has 4 atom stereocenters. The Hall–Kier alpha value is -0.380. The van der Waals surface area contributed by atoms with E-state index in [1.54, 1.807) is 0 Å². The third-order valence-electron chi connectivity index (χ3n) is 4.97. The number of halogens is 1. The summed E-state index contributed by atoms with van der Waals surface area (Å²) in [6, 6.07) is 0. The van der Waals surface area contributed by atoms with Gasteiger partial charge in [-0.15, -0.1) is 10.2 Å². The van der Waals surface area contributed by atoms with Gasteiger partial charge < -0.3 is 4.42 Å². The standard InChI is InChI=1S/C15H23BrN2O/c1-2-13(16)15-18-17-14(19-15)12-8-7-10-5-3-4-6-11(10)9-12/h10-13H,2-9H2,1H3. The molecule has 4 unspecified atom stereocenters. The van der Waals surface area contributed by atoms with Gasteiger partial charge in [-0.3, -0.25) is 0 Å². The molecule has 0 saturated heterocycles. The van der Waals surface area contributed by atoms with Crippen molar-refractivity contribution in [1.82, 2.24) is 10.2 Å². The van der Waals surface area contributed by atoms with E-state index in [0.29, 0.717) is 5.92 Å². The average molecular weight is 327 g/mol. The highest BCUT2D eigenvalue weighted by molar-refractivity contribution is 9.09. The van der Waals surface area contributed by atoms with E-state index >= 15 is 0 Å². The Labute approximate surface area is 123 Å². The minimum absolute atomic E-state index is 0.208. The Kier molecular flexibility index (Phi) is 4.25. The molecule has 3 nitrogen and oxygen atoms in total. The van der Waals surface area contributed by atoms with Crippen molar-refractivity contribution < 1.29 is 4.42 Å². The normalized spacial score (nSPS) is 32.8. The molecule has 0 spiro atoms. The molecule has 106 valence electrons. The summed E-state index contributed by atoms with van der Waals surface area (Å²) in [4.78, 5) is 0.208. The Morgan fingerprint density at radius 1 is 1.16 bits per heavy atom. The summed E-state index contributed by atoms with van der Waals surface area (Å²) < 4.78 is 5.89.